The molecule has 0 aliphatic rings. The van der Waals surface area contributed by atoms with Gasteiger partial charge in [-0.3, -0.25) is 19.4 Å². The Morgan fingerprint density at radius 1 is 1.03 bits per heavy atom. The number of aliphatic hydroxyl groups is 1. The Morgan fingerprint density at radius 3 is 2.47 bits per heavy atom. The molecule has 1 amide bonds. The van der Waals surface area contributed by atoms with Gasteiger partial charge in [0.25, 0.3) is 11.3 Å². The second-order valence-electron chi connectivity index (χ2n) is 8.94. The van der Waals surface area contributed by atoms with Gasteiger partial charge >= 0.3 is 0 Å². The molecule has 9 nitrogen and oxygen atoms in total. The molecule has 0 spiro atoms. The van der Waals surface area contributed by atoms with Crippen molar-refractivity contribution < 1.29 is 14.6 Å². The second-order valence-corrected chi connectivity index (χ2v) is 8.94. The number of nitrogens with zero attached hydrogens (tertiary/aromatic N) is 4. The highest BCUT2D eigenvalue weighted by Gasteiger charge is 2.26. The number of fused-ring (bicyclic) bond motifs is 1. The summed E-state index contributed by atoms with van der Waals surface area (Å²) < 4.78 is 7.42. The summed E-state index contributed by atoms with van der Waals surface area (Å²) >= 11 is 0. The summed E-state index contributed by atoms with van der Waals surface area (Å²) in [7, 11) is 1.83. The average molecular weight is 510 g/mol. The highest BCUT2D eigenvalue weighted by atomic mass is 16.5. The van der Waals surface area contributed by atoms with E-state index in [0.29, 0.717) is 5.56 Å². The number of hydrogen-bond acceptors (Lipinski definition) is 6. The minimum Gasteiger partial charge on any atom is -0.483 e. The number of carbonyl (C=O) groups is 1. The lowest BCUT2D eigenvalue weighted by Crippen LogP contribution is -2.38. The number of nitrogens with one attached hydrogen (secondary N) is 1. The first-order valence-electron chi connectivity index (χ1n) is 12.2. The number of H-pyrrole nitrogens is 1. The lowest BCUT2D eigenvalue weighted by atomic mass is 10.0. The predicted molar refractivity (Wildman–Crippen MR) is 142 cm³/mol. The Morgan fingerprint density at radius 2 is 1.74 bits per heavy atom. The molecule has 0 bridgehead atoms. The number of benzene rings is 3. The van der Waals surface area contributed by atoms with Crippen LogP contribution < -0.4 is 10.2 Å². The molecule has 2 aromatic heterocycles. The number of aryl methyl sites for hydroxylation is 1. The average Bonchev–Trinajstić information content (AvgIpc) is 3.33. The highest BCUT2D eigenvalue weighted by Crippen LogP contribution is 2.25. The predicted octanol–water partition coefficient (Wildman–Crippen LogP) is 3.61. The smallest absolute Gasteiger partial charge is 0.278 e. The Hall–Kier alpha value is -4.76. The van der Waals surface area contributed by atoms with E-state index in [1.165, 1.54) is 11.1 Å². The SMILES string of the molecule is Cn1ncc2c(C(O)CN(Cc3ccccc3)C(=O)c3n[nH]cc(OCc4ccccc4)c3=O)cccc21. The molecule has 5 aromatic rings. The Labute approximate surface area is 218 Å². The van der Waals surface area contributed by atoms with Crippen molar-refractivity contribution in [3.63, 3.8) is 0 Å². The van der Waals surface area contributed by atoms with Gasteiger partial charge in [0.1, 0.15) is 6.61 Å². The normalized spacial score (nSPS) is 11.8. The van der Waals surface area contributed by atoms with Gasteiger partial charge in [0.05, 0.1) is 30.6 Å². The molecule has 0 radical (unpaired) electrons. The third-order valence-corrected chi connectivity index (χ3v) is 6.33. The molecule has 3 aromatic carbocycles. The standard InChI is InChI=1S/C29H27N5O4/c1-33-24-14-8-13-22(23(24)15-31-33)25(35)18-34(17-20-9-4-2-5-10-20)29(37)27-28(36)26(16-30-32-27)38-19-21-11-6-3-7-12-21/h2-16,25,35H,17-19H2,1H3,(H,30,36). The summed E-state index contributed by atoms with van der Waals surface area (Å²) in [5.74, 6) is -0.620. The minimum absolute atomic E-state index is 0.00691. The van der Waals surface area contributed by atoms with Crippen LogP contribution in [-0.4, -0.2) is 42.4 Å². The molecule has 38 heavy (non-hydrogen) atoms. The van der Waals surface area contributed by atoms with Crippen molar-refractivity contribution in [2.45, 2.75) is 19.3 Å². The molecule has 0 fully saturated rings. The molecular formula is C29H27N5O4. The first kappa shape index (κ1) is 24.9. The molecule has 0 aliphatic heterocycles. The van der Waals surface area contributed by atoms with Crippen molar-refractivity contribution in [2.24, 2.45) is 7.05 Å². The summed E-state index contributed by atoms with van der Waals surface area (Å²) in [6, 6.07) is 24.4. The summed E-state index contributed by atoms with van der Waals surface area (Å²) in [6.07, 6.45) is 2.01. The van der Waals surface area contributed by atoms with Crippen LogP contribution in [0.25, 0.3) is 10.9 Å². The summed E-state index contributed by atoms with van der Waals surface area (Å²) in [6.45, 7) is 0.289. The van der Waals surface area contributed by atoms with Gasteiger partial charge in [0, 0.05) is 19.0 Å². The number of aromatic nitrogens is 4. The van der Waals surface area contributed by atoms with Gasteiger partial charge in [-0.05, 0) is 22.8 Å². The van der Waals surface area contributed by atoms with E-state index in [-0.39, 0.29) is 31.1 Å². The molecule has 0 saturated heterocycles. The maximum Gasteiger partial charge on any atom is 0.278 e. The lowest BCUT2D eigenvalue weighted by molar-refractivity contribution is 0.0597. The van der Waals surface area contributed by atoms with E-state index in [1.807, 2.05) is 85.9 Å². The molecular weight excluding hydrogens is 482 g/mol. The van der Waals surface area contributed by atoms with E-state index >= 15 is 0 Å². The number of hydrogen-bond donors (Lipinski definition) is 2. The van der Waals surface area contributed by atoms with Crippen LogP contribution in [0.3, 0.4) is 0 Å². The van der Waals surface area contributed by atoms with E-state index in [0.717, 1.165) is 22.0 Å². The fourth-order valence-electron chi connectivity index (χ4n) is 4.35. The van der Waals surface area contributed by atoms with Crippen LogP contribution in [0.5, 0.6) is 5.75 Å². The quantitative estimate of drug-likeness (QED) is 0.314. The van der Waals surface area contributed by atoms with Crippen molar-refractivity contribution in [3.8, 4) is 5.75 Å². The van der Waals surface area contributed by atoms with Crippen LogP contribution in [0.15, 0.2) is 96.1 Å². The first-order chi connectivity index (χ1) is 18.5. The van der Waals surface area contributed by atoms with E-state index in [9.17, 15) is 14.7 Å². The number of rotatable bonds is 9. The van der Waals surface area contributed by atoms with Crippen LogP contribution in [0, 0.1) is 0 Å². The minimum atomic E-state index is -1.02. The molecule has 0 aliphatic carbocycles. The van der Waals surface area contributed by atoms with E-state index in [2.05, 4.69) is 15.3 Å². The van der Waals surface area contributed by atoms with Crippen molar-refractivity contribution in [1.29, 1.82) is 0 Å². The zero-order chi connectivity index (χ0) is 26.5. The number of aliphatic hydroxyl groups excluding tert-OH is 1. The Balaban J connectivity index is 1.43. The summed E-state index contributed by atoms with van der Waals surface area (Å²) in [5.41, 5.74) is 2.31. The molecule has 0 saturated carbocycles. The summed E-state index contributed by atoms with van der Waals surface area (Å²) in [4.78, 5) is 28.3. The molecule has 1 atom stereocenters. The van der Waals surface area contributed by atoms with Crippen LogP contribution in [-0.2, 0) is 20.2 Å². The monoisotopic (exact) mass is 509 g/mol. The topological polar surface area (TPSA) is 113 Å². The molecule has 1 unspecified atom stereocenters. The van der Waals surface area contributed by atoms with Gasteiger partial charge in [-0.2, -0.15) is 10.2 Å². The van der Waals surface area contributed by atoms with Gasteiger partial charge in [0.15, 0.2) is 11.4 Å². The first-order valence-corrected chi connectivity index (χ1v) is 12.2. The zero-order valence-electron chi connectivity index (χ0n) is 20.8. The van der Waals surface area contributed by atoms with Crippen molar-refractivity contribution in [3.05, 3.63) is 124 Å². The molecule has 2 heterocycles. The molecule has 9 heteroatoms. The third kappa shape index (κ3) is 5.33. The van der Waals surface area contributed by atoms with Crippen molar-refractivity contribution in [1.82, 2.24) is 24.9 Å². The fourth-order valence-corrected chi connectivity index (χ4v) is 4.35. The van der Waals surface area contributed by atoms with Gasteiger partial charge < -0.3 is 14.7 Å². The number of amides is 1. The van der Waals surface area contributed by atoms with Gasteiger partial charge in [-0.25, -0.2) is 0 Å². The van der Waals surface area contributed by atoms with Crippen molar-refractivity contribution >= 4 is 16.8 Å². The van der Waals surface area contributed by atoms with E-state index in [4.69, 9.17) is 4.74 Å². The number of aromatic amines is 1. The number of ether oxygens (including phenoxy) is 1. The van der Waals surface area contributed by atoms with Crippen LogP contribution in [0.1, 0.15) is 33.3 Å². The van der Waals surface area contributed by atoms with E-state index in [1.54, 1.807) is 10.9 Å². The zero-order valence-corrected chi connectivity index (χ0v) is 20.8. The summed E-state index contributed by atoms with van der Waals surface area (Å²) in [5, 5.41) is 22.9. The lowest BCUT2D eigenvalue weighted by Gasteiger charge is -2.25. The van der Waals surface area contributed by atoms with Gasteiger partial charge in [-0.1, -0.05) is 72.8 Å². The van der Waals surface area contributed by atoms with Crippen molar-refractivity contribution in [2.75, 3.05) is 6.54 Å². The Bertz CT molecular complexity index is 1600. The third-order valence-electron chi connectivity index (χ3n) is 6.33. The van der Waals surface area contributed by atoms with Gasteiger partial charge in [0.2, 0.25) is 0 Å². The maximum absolute atomic E-state index is 13.7. The van der Waals surface area contributed by atoms with Crippen LogP contribution in [0.4, 0.5) is 0 Å². The van der Waals surface area contributed by atoms with Crippen LogP contribution >= 0.6 is 0 Å². The van der Waals surface area contributed by atoms with Crippen LogP contribution in [0.2, 0.25) is 0 Å². The molecule has 5 rings (SSSR count). The second kappa shape index (κ2) is 11.1. The molecule has 192 valence electrons. The van der Waals surface area contributed by atoms with E-state index < -0.39 is 17.4 Å². The molecule has 2 N–H and O–H groups in total. The largest absolute Gasteiger partial charge is 0.483 e. The highest BCUT2D eigenvalue weighted by molar-refractivity contribution is 5.92. The Kier molecular flexibility index (Phi) is 7.28. The maximum atomic E-state index is 13.7. The number of carbonyl (C=O) groups excluding carboxylic acids is 1. The van der Waals surface area contributed by atoms with Gasteiger partial charge in [-0.15, -0.1) is 0 Å². The fraction of sp³-hybridized carbons (Fsp3) is 0.172.